The Morgan fingerprint density at radius 1 is 1.32 bits per heavy atom. The predicted molar refractivity (Wildman–Crippen MR) is 138 cm³/mol. The van der Waals surface area contributed by atoms with Crippen LogP contribution in [0, 0.1) is 12.8 Å². The van der Waals surface area contributed by atoms with Gasteiger partial charge in [0.05, 0.1) is 23.3 Å². The third kappa shape index (κ3) is 5.76. The predicted octanol–water partition coefficient (Wildman–Crippen LogP) is 2.63. The number of nitrogens with zero attached hydrogens (tertiary/aromatic N) is 5. The largest absolute Gasteiger partial charge is 0.434 e. The number of likely N-dealkylation sites (N-methyl/N-ethyl adjacent to an activating group) is 1. The third-order valence-corrected chi connectivity index (χ3v) is 8.32. The average molecular weight is 556 g/mol. The maximum Gasteiger partial charge on any atom is 0.434 e. The lowest BCUT2D eigenvalue weighted by Gasteiger charge is -2.32. The molecule has 0 aliphatic carbocycles. The lowest BCUT2D eigenvalue weighted by molar-refractivity contribution is -0.141. The molecule has 1 saturated heterocycles. The maximum atomic E-state index is 13.6. The quantitative estimate of drug-likeness (QED) is 0.459. The number of hydrogen-bond acceptors (Lipinski definition) is 7. The van der Waals surface area contributed by atoms with Crippen molar-refractivity contribution in [2.45, 2.75) is 30.8 Å². The molecular weight excluding hydrogens is 523 g/mol. The molecule has 2 aromatic heterocycles. The maximum absolute atomic E-state index is 13.6. The van der Waals surface area contributed by atoms with Gasteiger partial charge in [-0.3, -0.25) is 9.20 Å². The molecule has 1 fully saturated rings. The number of carbonyl (C=O) groups excluding carboxylic acids is 1. The Kier molecular flexibility index (Phi) is 7.68. The Morgan fingerprint density at radius 3 is 2.74 bits per heavy atom. The van der Waals surface area contributed by atoms with Gasteiger partial charge in [0.15, 0.2) is 17.2 Å². The third-order valence-electron chi connectivity index (χ3n) is 6.46. The van der Waals surface area contributed by atoms with Crippen molar-refractivity contribution in [2.75, 3.05) is 46.0 Å². The van der Waals surface area contributed by atoms with Gasteiger partial charge in [-0.05, 0) is 57.5 Å². The fourth-order valence-electron chi connectivity index (χ4n) is 4.55. The van der Waals surface area contributed by atoms with Gasteiger partial charge in [-0.15, -0.1) is 0 Å². The van der Waals surface area contributed by atoms with E-state index in [1.807, 2.05) is 0 Å². The molecule has 14 heteroatoms. The van der Waals surface area contributed by atoms with E-state index in [1.54, 1.807) is 32.0 Å². The minimum absolute atomic E-state index is 0. The van der Waals surface area contributed by atoms with E-state index >= 15 is 0 Å². The number of hydrogen-bond donors (Lipinski definition) is 2. The molecule has 0 spiro atoms. The molecule has 1 aliphatic rings. The van der Waals surface area contributed by atoms with Gasteiger partial charge >= 0.3 is 6.18 Å². The van der Waals surface area contributed by atoms with Crippen LogP contribution < -0.4 is 11.1 Å². The van der Waals surface area contributed by atoms with Crippen molar-refractivity contribution < 1.29 is 27.8 Å². The number of anilines is 1. The van der Waals surface area contributed by atoms with Gasteiger partial charge in [-0.1, -0.05) is 6.07 Å². The van der Waals surface area contributed by atoms with Crippen molar-refractivity contribution in [1.82, 2.24) is 28.9 Å². The summed E-state index contributed by atoms with van der Waals surface area (Å²) in [7, 11) is -0.330. The van der Waals surface area contributed by atoms with Gasteiger partial charge in [0.1, 0.15) is 0 Å². The lowest BCUT2D eigenvalue weighted by Crippen LogP contribution is -2.44. The smallest absolute Gasteiger partial charge is 0.381 e. The number of amides is 1. The van der Waals surface area contributed by atoms with Crippen LogP contribution in [-0.4, -0.2) is 78.2 Å². The van der Waals surface area contributed by atoms with Gasteiger partial charge in [0.25, 0.3) is 0 Å². The number of aryl methyl sites for hydroxylation is 1. The molecule has 1 aliphatic heterocycles. The number of halogens is 3. The Bertz CT molecular complexity index is 1460. The van der Waals surface area contributed by atoms with Crippen LogP contribution in [0.15, 0.2) is 35.5 Å². The number of aromatic nitrogens is 3. The van der Waals surface area contributed by atoms with E-state index in [4.69, 9.17) is 5.73 Å². The normalized spacial score (nSPS) is 17.3. The zero-order chi connectivity index (χ0) is 27.8. The fraction of sp³-hybridized carbons (Fsp3) is 0.458. The molecule has 3 heterocycles. The number of rotatable bonds is 7. The van der Waals surface area contributed by atoms with Crippen LogP contribution >= 0.6 is 0 Å². The molecule has 10 nitrogen and oxygen atoms in total. The standard InChI is InChI=1S/C24H30F3N7O3S.H2/c1-15-6-7-17(38(36,37)33-8-4-5-16(12-33)10-29-21(35)14-32(2)3)9-18(15)19-11-30-23-22(28)31-20(13-34(19)23)24(25,26)27;/h6-7,9,11,13,16H,4-5,8,10,12,14H2,1-3H3,(H2,28,31)(H,29,35);1H. The van der Waals surface area contributed by atoms with Crippen molar-refractivity contribution >= 4 is 27.4 Å². The summed E-state index contributed by atoms with van der Waals surface area (Å²) in [5, 5.41) is 2.86. The molecule has 1 aromatic carbocycles. The fourth-order valence-corrected chi connectivity index (χ4v) is 6.13. The average Bonchev–Trinajstić information content (AvgIpc) is 3.27. The number of alkyl halides is 3. The van der Waals surface area contributed by atoms with Gasteiger partial charge < -0.3 is 16.0 Å². The minimum Gasteiger partial charge on any atom is -0.381 e. The number of benzene rings is 1. The van der Waals surface area contributed by atoms with E-state index in [2.05, 4.69) is 15.3 Å². The van der Waals surface area contributed by atoms with Crippen molar-refractivity contribution in [3.8, 4) is 11.3 Å². The molecule has 0 radical (unpaired) electrons. The summed E-state index contributed by atoms with van der Waals surface area (Å²) in [5.74, 6) is -0.551. The zero-order valence-electron chi connectivity index (χ0n) is 21.3. The first-order valence-corrected chi connectivity index (χ1v) is 13.4. The number of nitrogens with one attached hydrogen (secondary N) is 1. The molecule has 3 aromatic rings. The molecule has 38 heavy (non-hydrogen) atoms. The summed E-state index contributed by atoms with van der Waals surface area (Å²) < 4.78 is 69.8. The van der Waals surface area contributed by atoms with Crippen molar-refractivity contribution in [3.63, 3.8) is 0 Å². The summed E-state index contributed by atoms with van der Waals surface area (Å²) >= 11 is 0. The Balaban J connectivity index is 0.00000420. The Morgan fingerprint density at radius 2 is 2.05 bits per heavy atom. The second-order valence-electron chi connectivity index (χ2n) is 9.74. The summed E-state index contributed by atoms with van der Waals surface area (Å²) in [4.78, 5) is 21.3. The topological polar surface area (TPSA) is 126 Å². The van der Waals surface area contributed by atoms with Gasteiger partial charge in [0, 0.05) is 32.8 Å². The molecular formula is C24H32F3N7O3S. The minimum atomic E-state index is -4.72. The molecule has 0 saturated carbocycles. The van der Waals surface area contributed by atoms with E-state index in [0.29, 0.717) is 30.6 Å². The molecule has 1 atom stereocenters. The van der Waals surface area contributed by atoms with Crippen LogP contribution in [0.4, 0.5) is 19.0 Å². The molecule has 1 unspecified atom stereocenters. The summed E-state index contributed by atoms with van der Waals surface area (Å²) in [6.07, 6.45) is -1.15. The van der Waals surface area contributed by atoms with Gasteiger partial charge in [-0.2, -0.15) is 17.5 Å². The number of imidazole rings is 1. The number of fused-ring (bicyclic) bond motifs is 1. The molecule has 208 valence electrons. The van der Waals surface area contributed by atoms with Gasteiger partial charge in [-0.25, -0.2) is 18.4 Å². The summed E-state index contributed by atoms with van der Waals surface area (Å²) in [5.41, 5.74) is 5.90. The monoisotopic (exact) mass is 555 g/mol. The molecule has 1 amide bonds. The second kappa shape index (κ2) is 10.5. The van der Waals surface area contributed by atoms with E-state index in [1.165, 1.54) is 27.0 Å². The number of sulfonamides is 1. The molecule has 0 bridgehead atoms. The first-order valence-electron chi connectivity index (χ1n) is 12.0. The lowest BCUT2D eigenvalue weighted by atomic mass is 10.00. The van der Waals surface area contributed by atoms with Crippen LogP contribution in [0.25, 0.3) is 16.9 Å². The van der Waals surface area contributed by atoms with E-state index < -0.39 is 21.9 Å². The zero-order valence-corrected chi connectivity index (χ0v) is 22.1. The van der Waals surface area contributed by atoms with E-state index in [0.717, 1.165) is 12.6 Å². The SMILES string of the molecule is Cc1ccc(S(=O)(=O)N2CCCC(CNC(=O)CN(C)C)C2)cc1-c1cnc2c(N)nc(C(F)(F)F)cn12.[HH]. The highest BCUT2D eigenvalue weighted by Crippen LogP contribution is 2.33. The van der Waals surface area contributed by atoms with Crippen LogP contribution in [0.1, 0.15) is 25.5 Å². The highest BCUT2D eigenvalue weighted by atomic mass is 32.2. The first-order chi connectivity index (χ1) is 17.8. The van der Waals surface area contributed by atoms with Crippen LogP contribution in [0.5, 0.6) is 0 Å². The van der Waals surface area contributed by atoms with Crippen molar-refractivity contribution in [1.29, 1.82) is 0 Å². The number of piperidine rings is 1. The molecule has 4 rings (SSSR count). The second-order valence-corrected chi connectivity index (χ2v) is 11.7. The van der Waals surface area contributed by atoms with Crippen molar-refractivity contribution in [2.24, 2.45) is 5.92 Å². The number of carbonyl (C=O) groups is 1. The molecule has 3 N–H and O–H groups in total. The Labute approximate surface area is 220 Å². The van der Waals surface area contributed by atoms with E-state index in [9.17, 15) is 26.4 Å². The van der Waals surface area contributed by atoms with Crippen molar-refractivity contribution in [3.05, 3.63) is 41.9 Å². The van der Waals surface area contributed by atoms with Crippen LogP contribution in [0.3, 0.4) is 0 Å². The Hall–Kier alpha value is -3.23. The first kappa shape index (κ1) is 27.8. The number of nitrogen functional groups attached to an aromatic ring is 1. The summed E-state index contributed by atoms with van der Waals surface area (Å²) in [6, 6.07) is 4.54. The van der Waals surface area contributed by atoms with Crippen LogP contribution in [0.2, 0.25) is 0 Å². The highest BCUT2D eigenvalue weighted by molar-refractivity contribution is 7.89. The van der Waals surface area contributed by atoms with E-state index in [-0.39, 0.29) is 48.4 Å². The summed E-state index contributed by atoms with van der Waals surface area (Å²) in [6.45, 7) is 2.93. The number of nitrogens with two attached hydrogens (primary N) is 1. The van der Waals surface area contributed by atoms with Crippen LogP contribution in [-0.2, 0) is 21.0 Å². The van der Waals surface area contributed by atoms with Gasteiger partial charge in [0.2, 0.25) is 15.9 Å². The highest BCUT2D eigenvalue weighted by Gasteiger charge is 2.34.